The number of methoxy groups -OCH3 is 1. The Morgan fingerprint density at radius 3 is 2.44 bits per heavy atom. The summed E-state index contributed by atoms with van der Waals surface area (Å²) in [4.78, 5) is 37.5. The maximum absolute atomic E-state index is 14.7. The molecule has 0 aliphatic carbocycles. The minimum atomic E-state index is -1.02. The fourth-order valence-electron chi connectivity index (χ4n) is 3.88. The van der Waals surface area contributed by atoms with Gasteiger partial charge in [-0.3, -0.25) is 14.4 Å². The quantitative estimate of drug-likeness (QED) is 0.551. The summed E-state index contributed by atoms with van der Waals surface area (Å²) in [7, 11) is 1.59. The molecule has 1 heterocycles. The third kappa shape index (κ3) is 6.87. The zero-order valence-corrected chi connectivity index (χ0v) is 20.0. The second-order valence-electron chi connectivity index (χ2n) is 9.85. The summed E-state index contributed by atoms with van der Waals surface area (Å²) in [6.07, 6.45) is 0.640. The molecule has 0 radical (unpaired) electrons. The van der Waals surface area contributed by atoms with E-state index >= 15 is 0 Å². The largest absolute Gasteiger partial charge is 0.380 e. The summed E-state index contributed by atoms with van der Waals surface area (Å²) >= 11 is 0. The van der Waals surface area contributed by atoms with Crippen LogP contribution in [0.3, 0.4) is 0 Å². The SMILES string of the molecule is COCc1ccc(C(NC(=O)C2CNC(=O)C2)C(=O)Nc2ccc(CC(C)(C)C)c(F)c2)cc1. The molecule has 182 valence electrons. The molecule has 0 aromatic heterocycles. The Labute approximate surface area is 199 Å². The zero-order valence-electron chi connectivity index (χ0n) is 20.0. The van der Waals surface area contributed by atoms with E-state index in [0.29, 0.717) is 29.8 Å². The predicted octanol–water partition coefficient (Wildman–Crippen LogP) is 3.49. The van der Waals surface area contributed by atoms with Gasteiger partial charge in [0.1, 0.15) is 11.9 Å². The van der Waals surface area contributed by atoms with Crippen LogP contribution in [0.4, 0.5) is 10.1 Å². The highest BCUT2D eigenvalue weighted by atomic mass is 19.1. The lowest BCUT2D eigenvalue weighted by atomic mass is 9.88. The fraction of sp³-hybridized carbons (Fsp3) is 0.423. The molecule has 1 fully saturated rings. The topological polar surface area (TPSA) is 96.5 Å². The molecule has 2 aromatic rings. The van der Waals surface area contributed by atoms with Gasteiger partial charge in [0.05, 0.1) is 12.5 Å². The van der Waals surface area contributed by atoms with Gasteiger partial charge in [0.2, 0.25) is 11.8 Å². The molecule has 7 nitrogen and oxygen atoms in total. The molecule has 2 aromatic carbocycles. The number of anilines is 1. The van der Waals surface area contributed by atoms with Crippen molar-refractivity contribution in [2.45, 2.75) is 46.3 Å². The molecule has 2 unspecified atom stereocenters. The monoisotopic (exact) mass is 469 g/mol. The lowest BCUT2D eigenvalue weighted by molar-refractivity contribution is -0.129. The molecule has 1 saturated heterocycles. The molecule has 1 aliphatic heterocycles. The summed E-state index contributed by atoms with van der Waals surface area (Å²) in [6, 6.07) is 10.7. The van der Waals surface area contributed by atoms with Crippen LogP contribution >= 0.6 is 0 Å². The predicted molar refractivity (Wildman–Crippen MR) is 127 cm³/mol. The molecule has 3 amide bonds. The van der Waals surface area contributed by atoms with Crippen LogP contribution in [-0.2, 0) is 32.1 Å². The number of halogens is 1. The first kappa shape index (κ1) is 25.4. The first-order valence-electron chi connectivity index (χ1n) is 11.3. The van der Waals surface area contributed by atoms with Crippen LogP contribution in [0.5, 0.6) is 0 Å². The van der Waals surface area contributed by atoms with Crippen LogP contribution < -0.4 is 16.0 Å². The Kier molecular flexibility index (Phi) is 8.04. The maximum Gasteiger partial charge on any atom is 0.251 e. The molecule has 0 bridgehead atoms. The van der Waals surface area contributed by atoms with E-state index in [9.17, 15) is 18.8 Å². The normalized spacial score (nSPS) is 16.6. The van der Waals surface area contributed by atoms with Gasteiger partial charge in [-0.1, -0.05) is 51.1 Å². The molecule has 0 saturated carbocycles. The van der Waals surface area contributed by atoms with Crippen LogP contribution in [0.2, 0.25) is 0 Å². The van der Waals surface area contributed by atoms with E-state index in [-0.39, 0.29) is 24.3 Å². The number of carbonyl (C=O) groups is 3. The summed E-state index contributed by atoms with van der Waals surface area (Å²) in [6.45, 7) is 6.73. The first-order chi connectivity index (χ1) is 16.1. The molecule has 0 spiro atoms. The number of amides is 3. The van der Waals surface area contributed by atoms with Gasteiger partial charge in [0.15, 0.2) is 0 Å². The van der Waals surface area contributed by atoms with Crippen LogP contribution in [0.1, 0.15) is 49.9 Å². The Morgan fingerprint density at radius 1 is 1.18 bits per heavy atom. The van der Waals surface area contributed by atoms with E-state index in [2.05, 4.69) is 16.0 Å². The number of hydrogen-bond donors (Lipinski definition) is 3. The Balaban J connectivity index is 1.80. The zero-order chi connectivity index (χ0) is 24.9. The van der Waals surface area contributed by atoms with E-state index in [4.69, 9.17) is 4.74 Å². The van der Waals surface area contributed by atoms with Crippen molar-refractivity contribution in [3.05, 3.63) is 65.0 Å². The van der Waals surface area contributed by atoms with E-state index in [0.717, 1.165) is 5.56 Å². The molecular weight excluding hydrogens is 437 g/mol. The number of hydrogen-bond acceptors (Lipinski definition) is 4. The Bertz CT molecular complexity index is 1050. The minimum absolute atomic E-state index is 0.0768. The highest BCUT2D eigenvalue weighted by molar-refractivity contribution is 5.99. The lowest BCUT2D eigenvalue weighted by Gasteiger charge is -2.21. The minimum Gasteiger partial charge on any atom is -0.380 e. The second-order valence-corrected chi connectivity index (χ2v) is 9.85. The fourth-order valence-corrected chi connectivity index (χ4v) is 3.88. The van der Waals surface area contributed by atoms with Gasteiger partial charge < -0.3 is 20.7 Å². The van der Waals surface area contributed by atoms with Crippen molar-refractivity contribution in [2.75, 3.05) is 19.0 Å². The number of rotatable bonds is 8. The van der Waals surface area contributed by atoms with E-state index in [1.54, 1.807) is 31.4 Å². The molecular formula is C26H32FN3O4. The number of nitrogens with one attached hydrogen (secondary N) is 3. The molecule has 8 heteroatoms. The first-order valence-corrected chi connectivity index (χ1v) is 11.3. The standard InChI is InChI=1S/C26H32FN3O4/c1-26(2,3)13-18-9-10-20(12-21(18)27)29-25(33)23(17-7-5-16(6-8-17)15-34-4)30-24(32)19-11-22(31)28-14-19/h5-10,12,19,23H,11,13-15H2,1-4H3,(H,28,31)(H,29,33)(H,30,32). The molecule has 2 atom stereocenters. The number of benzene rings is 2. The van der Waals surface area contributed by atoms with Gasteiger partial charge in [-0.2, -0.15) is 0 Å². The summed E-state index contributed by atoms with van der Waals surface area (Å²) in [5.41, 5.74) is 2.27. The van der Waals surface area contributed by atoms with Gasteiger partial charge in [0.25, 0.3) is 5.91 Å². The van der Waals surface area contributed by atoms with Crippen LogP contribution in [0.15, 0.2) is 42.5 Å². The van der Waals surface area contributed by atoms with Gasteiger partial charge in [-0.25, -0.2) is 4.39 Å². The summed E-state index contributed by atoms with van der Waals surface area (Å²) < 4.78 is 19.8. The van der Waals surface area contributed by atoms with Crippen molar-refractivity contribution in [3.8, 4) is 0 Å². The average molecular weight is 470 g/mol. The number of ether oxygens (including phenoxy) is 1. The summed E-state index contributed by atoms with van der Waals surface area (Å²) in [5.74, 6) is -2.05. The van der Waals surface area contributed by atoms with Gasteiger partial charge in [-0.05, 0) is 40.7 Å². The maximum atomic E-state index is 14.7. The van der Waals surface area contributed by atoms with Gasteiger partial charge >= 0.3 is 0 Å². The Hall–Kier alpha value is -3.26. The number of carbonyl (C=O) groups excluding carboxylic acids is 3. The lowest BCUT2D eigenvalue weighted by Crippen LogP contribution is -2.40. The van der Waals surface area contributed by atoms with Crippen molar-refractivity contribution in [3.63, 3.8) is 0 Å². The summed E-state index contributed by atoms with van der Waals surface area (Å²) in [5, 5.41) is 8.10. The van der Waals surface area contributed by atoms with Crippen LogP contribution in [0, 0.1) is 17.2 Å². The van der Waals surface area contributed by atoms with Gasteiger partial charge in [0, 0.05) is 25.8 Å². The molecule has 3 N–H and O–H groups in total. The van der Waals surface area contributed by atoms with Crippen molar-refractivity contribution >= 4 is 23.4 Å². The van der Waals surface area contributed by atoms with Crippen molar-refractivity contribution in [2.24, 2.45) is 11.3 Å². The van der Waals surface area contributed by atoms with Crippen LogP contribution in [0.25, 0.3) is 0 Å². The third-order valence-electron chi connectivity index (χ3n) is 5.56. The van der Waals surface area contributed by atoms with Crippen molar-refractivity contribution in [1.82, 2.24) is 10.6 Å². The Morgan fingerprint density at radius 2 is 1.88 bits per heavy atom. The van der Waals surface area contributed by atoms with E-state index < -0.39 is 29.6 Å². The third-order valence-corrected chi connectivity index (χ3v) is 5.56. The van der Waals surface area contributed by atoms with E-state index in [1.807, 2.05) is 32.9 Å². The molecule has 3 rings (SSSR count). The van der Waals surface area contributed by atoms with Crippen molar-refractivity contribution in [1.29, 1.82) is 0 Å². The highest BCUT2D eigenvalue weighted by Gasteiger charge is 2.31. The average Bonchev–Trinajstić information content (AvgIpc) is 3.20. The molecule has 34 heavy (non-hydrogen) atoms. The van der Waals surface area contributed by atoms with E-state index in [1.165, 1.54) is 6.07 Å². The van der Waals surface area contributed by atoms with Gasteiger partial charge in [-0.15, -0.1) is 0 Å². The van der Waals surface area contributed by atoms with Crippen LogP contribution in [-0.4, -0.2) is 31.4 Å². The second kappa shape index (κ2) is 10.8. The smallest absolute Gasteiger partial charge is 0.251 e. The highest BCUT2D eigenvalue weighted by Crippen LogP contribution is 2.25. The van der Waals surface area contributed by atoms with Crippen molar-refractivity contribution < 1.29 is 23.5 Å². The molecule has 1 aliphatic rings.